The minimum Gasteiger partial charge on any atom is -0.337 e. The molecule has 0 amide bonds. The Kier molecular flexibility index (Phi) is 5.66. The normalized spacial score (nSPS) is 29.4. The molecule has 0 aromatic carbocycles. The largest absolute Gasteiger partial charge is 0.337 e. The number of nitrogens with one attached hydrogen (secondary N) is 1. The highest BCUT2D eigenvalue weighted by atomic mass is 32.2. The van der Waals surface area contributed by atoms with Gasteiger partial charge >= 0.3 is 0 Å². The van der Waals surface area contributed by atoms with E-state index in [-0.39, 0.29) is 0 Å². The van der Waals surface area contributed by atoms with Crippen LogP contribution in [0.3, 0.4) is 0 Å². The average molecular weight is 300 g/mol. The zero-order valence-corrected chi connectivity index (χ0v) is 13.9. The maximum atomic E-state index is 4.57. The van der Waals surface area contributed by atoms with Crippen LogP contribution in [-0.4, -0.2) is 37.6 Å². The summed E-state index contributed by atoms with van der Waals surface area (Å²) in [6.07, 6.45) is 5.11. The first-order valence-electron chi connectivity index (χ1n) is 7.11. The molecule has 108 valence electrons. The SMILES string of the molecule is CCCNC(c1nccn1C)C1CSC(C)C(C)S1. The molecule has 0 bridgehead atoms. The Labute approximate surface area is 125 Å². The molecule has 0 saturated carbocycles. The van der Waals surface area contributed by atoms with Crippen molar-refractivity contribution in [1.29, 1.82) is 0 Å². The van der Waals surface area contributed by atoms with Crippen LogP contribution in [-0.2, 0) is 7.05 Å². The second-order valence-electron chi connectivity index (χ2n) is 5.25. The standard InChI is InChI=1S/C14H25N3S2/c1-5-6-15-13(14-16-7-8-17(14)4)12-9-18-10(2)11(3)19-12/h7-8,10-13,15H,5-6,9H2,1-4H3. The van der Waals surface area contributed by atoms with Gasteiger partial charge in [-0.05, 0) is 13.0 Å². The molecule has 1 aliphatic rings. The molecule has 19 heavy (non-hydrogen) atoms. The van der Waals surface area contributed by atoms with Crippen LogP contribution < -0.4 is 5.32 Å². The molecular weight excluding hydrogens is 274 g/mol. The molecule has 1 saturated heterocycles. The summed E-state index contributed by atoms with van der Waals surface area (Å²) in [6, 6.07) is 0.368. The van der Waals surface area contributed by atoms with E-state index in [0.717, 1.165) is 23.5 Å². The maximum Gasteiger partial charge on any atom is 0.126 e. The van der Waals surface area contributed by atoms with Crippen molar-refractivity contribution in [3.05, 3.63) is 18.2 Å². The van der Waals surface area contributed by atoms with Crippen molar-refractivity contribution < 1.29 is 0 Å². The second kappa shape index (κ2) is 7.04. The van der Waals surface area contributed by atoms with E-state index in [4.69, 9.17) is 0 Å². The fraction of sp³-hybridized carbons (Fsp3) is 0.786. The number of aryl methyl sites for hydroxylation is 1. The van der Waals surface area contributed by atoms with Crippen LogP contribution in [0.25, 0.3) is 0 Å². The van der Waals surface area contributed by atoms with E-state index in [1.807, 2.05) is 12.4 Å². The van der Waals surface area contributed by atoms with E-state index in [0.29, 0.717) is 11.3 Å². The topological polar surface area (TPSA) is 29.9 Å². The molecule has 2 rings (SSSR count). The molecule has 3 nitrogen and oxygen atoms in total. The van der Waals surface area contributed by atoms with E-state index in [1.54, 1.807) is 0 Å². The van der Waals surface area contributed by atoms with Crippen LogP contribution in [0, 0.1) is 0 Å². The van der Waals surface area contributed by atoms with Gasteiger partial charge in [0.05, 0.1) is 6.04 Å². The number of thioether (sulfide) groups is 2. The van der Waals surface area contributed by atoms with Crippen molar-refractivity contribution in [3.8, 4) is 0 Å². The number of imidazole rings is 1. The summed E-state index contributed by atoms with van der Waals surface area (Å²) < 4.78 is 2.15. The molecule has 4 atom stereocenters. The zero-order valence-electron chi connectivity index (χ0n) is 12.3. The van der Waals surface area contributed by atoms with Crippen LogP contribution in [0.15, 0.2) is 12.4 Å². The van der Waals surface area contributed by atoms with E-state index >= 15 is 0 Å². The Morgan fingerprint density at radius 2 is 2.26 bits per heavy atom. The molecule has 0 aliphatic carbocycles. The van der Waals surface area contributed by atoms with Gasteiger partial charge in [0.2, 0.25) is 0 Å². The third-order valence-corrected chi connectivity index (χ3v) is 7.19. The molecule has 2 heterocycles. The third-order valence-electron chi connectivity index (χ3n) is 3.70. The summed E-state index contributed by atoms with van der Waals surface area (Å²) >= 11 is 4.22. The fourth-order valence-corrected chi connectivity index (χ4v) is 5.43. The molecule has 1 aliphatic heterocycles. The Morgan fingerprint density at radius 3 is 2.84 bits per heavy atom. The molecule has 0 spiro atoms. The number of rotatable bonds is 5. The third kappa shape index (κ3) is 3.70. The summed E-state index contributed by atoms with van der Waals surface area (Å²) in [7, 11) is 2.09. The minimum atomic E-state index is 0.368. The van der Waals surface area contributed by atoms with Gasteiger partial charge in [0.25, 0.3) is 0 Å². The van der Waals surface area contributed by atoms with E-state index in [1.165, 1.54) is 11.6 Å². The Morgan fingerprint density at radius 1 is 1.47 bits per heavy atom. The zero-order chi connectivity index (χ0) is 13.8. The monoisotopic (exact) mass is 299 g/mol. The van der Waals surface area contributed by atoms with Gasteiger partial charge in [-0.25, -0.2) is 4.98 Å². The highest BCUT2D eigenvalue weighted by Crippen LogP contribution is 2.40. The smallest absolute Gasteiger partial charge is 0.126 e. The van der Waals surface area contributed by atoms with Gasteiger partial charge in [-0.3, -0.25) is 0 Å². The van der Waals surface area contributed by atoms with Gasteiger partial charge in [0.1, 0.15) is 5.82 Å². The summed E-state index contributed by atoms with van der Waals surface area (Å²) in [4.78, 5) is 4.57. The van der Waals surface area contributed by atoms with Gasteiger partial charge in [-0.1, -0.05) is 20.8 Å². The number of aromatic nitrogens is 2. The molecule has 0 radical (unpaired) electrons. The lowest BCUT2D eigenvalue weighted by Crippen LogP contribution is -2.38. The van der Waals surface area contributed by atoms with E-state index in [9.17, 15) is 0 Å². The Bertz CT molecular complexity index is 394. The van der Waals surface area contributed by atoms with Crippen molar-refractivity contribution in [1.82, 2.24) is 14.9 Å². The summed E-state index contributed by atoms with van der Waals surface area (Å²) in [5.74, 6) is 2.39. The number of hydrogen-bond acceptors (Lipinski definition) is 4. The highest BCUT2D eigenvalue weighted by molar-refractivity contribution is 8.07. The summed E-state index contributed by atoms with van der Waals surface area (Å²) in [6.45, 7) is 7.97. The maximum absolute atomic E-state index is 4.57. The van der Waals surface area contributed by atoms with Crippen LogP contribution in [0.2, 0.25) is 0 Å². The Balaban J connectivity index is 2.11. The first kappa shape index (κ1) is 15.3. The quantitative estimate of drug-likeness (QED) is 0.905. The summed E-state index contributed by atoms with van der Waals surface area (Å²) in [5.41, 5.74) is 0. The lowest BCUT2D eigenvalue weighted by atomic mass is 10.2. The molecule has 1 fully saturated rings. The van der Waals surface area contributed by atoms with Crippen LogP contribution in [0.1, 0.15) is 39.1 Å². The van der Waals surface area contributed by atoms with Gasteiger partial charge in [-0.15, -0.1) is 0 Å². The number of nitrogens with zero attached hydrogens (tertiary/aromatic N) is 2. The van der Waals surface area contributed by atoms with Gasteiger partial charge in [0, 0.05) is 40.9 Å². The van der Waals surface area contributed by atoms with Crippen molar-refractivity contribution >= 4 is 23.5 Å². The van der Waals surface area contributed by atoms with Crippen LogP contribution in [0.5, 0.6) is 0 Å². The average Bonchev–Trinajstić information content (AvgIpc) is 2.80. The van der Waals surface area contributed by atoms with Crippen molar-refractivity contribution in [3.63, 3.8) is 0 Å². The first-order valence-corrected chi connectivity index (χ1v) is 9.10. The van der Waals surface area contributed by atoms with Crippen molar-refractivity contribution in [2.45, 2.75) is 49.0 Å². The molecular formula is C14H25N3S2. The fourth-order valence-electron chi connectivity index (χ4n) is 2.35. The molecule has 4 unspecified atom stereocenters. The van der Waals surface area contributed by atoms with Gasteiger partial charge in [-0.2, -0.15) is 23.5 Å². The molecule has 1 aromatic rings. The van der Waals surface area contributed by atoms with Crippen LogP contribution >= 0.6 is 23.5 Å². The molecule has 5 heteroatoms. The lowest BCUT2D eigenvalue weighted by Gasteiger charge is -2.36. The van der Waals surface area contributed by atoms with Crippen molar-refractivity contribution in [2.75, 3.05) is 12.3 Å². The second-order valence-corrected chi connectivity index (χ2v) is 8.28. The van der Waals surface area contributed by atoms with E-state index < -0.39 is 0 Å². The highest BCUT2D eigenvalue weighted by Gasteiger charge is 2.33. The minimum absolute atomic E-state index is 0.368. The predicted octanol–water partition coefficient (Wildman–Crippen LogP) is 3.09. The molecule has 1 N–H and O–H groups in total. The lowest BCUT2D eigenvalue weighted by molar-refractivity contribution is 0.491. The summed E-state index contributed by atoms with van der Waals surface area (Å²) in [5, 5.41) is 5.79. The van der Waals surface area contributed by atoms with Gasteiger partial charge in [0.15, 0.2) is 0 Å². The van der Waals surface area contributed by atoms with Crippen LogP contribution in [0.4, 0.5) is 0 Å². The Hall–Kier alpha value is -0.130. The first-order chi connectivity index (χ1) is 9.13. The van der Waals surface area contributed by atoms with Crippen molar-refractivity contribution in [2.24, 2.45) is 7.05 Å². The van der Waals surface area contributed by atoms with Gasteiger partial charge < -0.3 is 9.88 Å². The number of hydrogen-bond donors (Lipinski definition) is 1. The predicted molar refractivity (Wildman–Crippen MR) is 87.0 cm³/mol. The van der Waals surface area contributed by atoms with E-state index in [2.05, 4.69) is 66.2 Å². The molecule has 1 aromatic heterocycles.